The molecule has 4 aliphatic heterocycles. The molecule has 0 aromatic heterocycles. The lowest BCUT2D eigenvalue weighted by atomic mass is 9.67. The first-order valence-corrected chi connectivity index (χ1v) is 26.9. The van der Waals surface area contributed by atoms with Crippen molar-refractivity contribution in [3.63, 3.8) is 0 Å². The Morgan fingerprint density at radius 1 is 0.868 bits per heavy atom. The third-order valence-electron chi connectivity index (χ3n) is 16.9. The highest BCUT2D eigenvalue weighted by Crippen LogP contribution is 2.47. The van der Waals surface area contributed by atoms with Crippen LogP contribution in [0.2, 0.25) is 0 Å². The molecule has 0 amide bonds. The number of carbonyl (C=O) groups is 2. The van der Waals surface area contributed by atoms with Crippen LogP contribution in [0.15, 0.2) is 42.5 Å². The molecule has 2 aromatic rings. The largest absolute Gasteiger partial charge is 0.496 e. The number of nitrogens with one attached hydrogen (secondary N) is 1. The van der Waals surface area contributed by atoms with Gasteiger partial charge in [-0.05, 0) is 110 Å². The topological polar surface area (TPSA) is 254 Å². The molecule has 0 aliphatic carbocycles. The van der Waals surface area contributed by atoms with Crippen LogP contribution in [0.3, 0.4) is 0 Å². The fraction of sp³-hybridized carbons (Fsp3) is 0.719. The zero-order chi connectivity index (χ0) is 56.4. The third-order valence-corrected chi connectivity index (χ3v) is 16.9. The second-order valence-electron chi connectivity index (χ2n) is 22.8. The fourth-order valence-electron chi connectivity index (χ4n) is 12.5. The number of ether oxygens (including phenoxy) is 9. The Morgan fingerprint density at radius 2 is 1.54 bits per heavy atom. The van der Waals surface area contributed by atoms with Gasteiger partial charge in [0.2, 0.25) is 0 Å². The molecule has 3 unspecified atom stereocenters. The van der Waals surface area contributed by atoms with Crippen LogP contribution in [-0.2, 0) is 33.3 Å². The molecule has 0 radical (unpaired) electrons. The van der Waals surface area contributed by atoms with Crippen LogP contribution in [0.5, 0.6) is 23.0 Å². The van der Waals surface area contributed by atoms with Crippen molar-refractivity contribution in [2.45, 2.75) is 191 Å². The number of cyclic esters (lactones) is 1. The van der Waals surface area contributed by atoms with Crippen LogP contribution in [0.25, 0.3) is 5.76 Å². The Balaban J connectivity index is 1.29. The van der Waals surface area contributed by atoms with Gasteiger partial charge >= 0.3 is 11.9 Å². The van der Waals surface area contributed by atoms with E-state index in [4.69, 9.17) is 42.6 Å². The second-order valence-corrected chi connectivity index (χ2v) is 22.8. The van der Waals surface area contributed by atoms with Crippen molar-refractivity contribution >= 4 is 17.7 Å². The Morgan fingerprint density at radius 3 is 2.14 bits per heavy atom. The smallest absolute Gasteiger partial charge is 0.312 e. The SMILES string of the molecule is CC[C@H]1OC(=O)[C@H](C)[C@@H](C2C[C@@](C)(OC)[C@@H](O)[C@H](C)O2)[C@H](C)[C@@H](O[C@@H]2O[C@H](C)C[C@H](N(C)C)[C@H]2O)[C@](C)(O)C[C@@H](C)C(NCCC(=O)Oc2ccc(C3=CC(O)c4c(OC)cc(OC)cc4O3)cc2)[C@H](C)[C@@H](O)[C@]1(C)O. The maximum Gasteiger partial charge on any atom is 0.312 e. The van der Waals surface area contributed by atoms with Crippen LogP contribution in [0, 0.1) is 29.6 Å². The van der Waals surface area contributed by atoms with Crippen LogP contribution in [0.4, 0.5) is 0 Å². The standard InChI is InChI=1S/C57H88N2O17/c1-16-44-57(10,67)50(63)33(6)48(58-22-21-45(61)73-36-19-17-35(18-20-36)40-26-39(60)47-41(69-14)24-37(68-13)25-42(47)74-40)29(2)27-55(8,66)52(76-54-49(62)38(59(11)12)23-30(3)71-54)31(4)46(32(5)53(65)75-44)43-28-56(9,70-15)51(64)34(7)72-43/h17-20,24-26,29-34,38-39,43-44,46,48-52,54,58,60,62-64,66-67H,16,21-23,27-28H2,1-15H3/t29-,30-,31+,32-,33+,34+,38+,39?,43?,44-,46+,48?,49-,50-,51+,52-,54+,55-,56-,57-/m1/s1. The predicted molar refractivity (Wildman–Crippen MR) is 281 cm³/mol. The normalized spacial score (nSPS) is 39.7. The molecule has 428 valence electrons. The van der Waals surface area contributed by atoms with Crippen LogP contribution < -0.4 is 24.3 Å². The minimum Gasteiger partial charge on any atom is -0.496 e. The molecule has 4 aliphatic rings. The predicted octanol–water partition coefficient (Wildman–Crippen LogP) is 4.93. The number of nitrogens with zero attached hydrogens (tertiary/aromatic N) is 1. The number of fused-ring (bicyclic) bond motifs is 1. The summed E-state index contributed by atoms with van der Waals surface area (Å²) in [6, 6.07) is 8.92. The highest BCUT2D eigenvalue weighted by molar-refractivity contribution is 5.74. The number of hydrogen-bond acceptors (Lipinski definition) is 19. The highest BCUT2D eigenvalue weighted by atomic mass is 16.7. The van der Waals surface area contributed by atoms with Crippen LogP contribution in [-0.4, -0.2) is 173 Å². The van der Waals surface area contributed by atoms with Crippen LogP contribution in [0.1, 0.15) is 119 Å². The van der Waals surface area contributed by atoms with E-state index in [1.807, 2.05) is 39.8 Å². The van der Waals surface area contributed by atoms with E-state index in [0.717, 1.165) is 0 Å². The van der Waals surface area contributed by atoms with Crippen molar-refractivity contribution in [2.75, 3.05) is 42.0 Å². The molecule has 0 spiro atoms. The lowest BCUT2D eigenvalue weighted by molar-refractivity contribution is -0.302. The molecular weight excluding hydrogens is 985 g/mol. The maximum atomic E-state index is 14.7. The van der Waals surface area contributed by atoms with Gasteiger partial charge in [-0.1, -0.05) is 34.6 Å². The number of aliphatic hydroxyl groups is 6. The zero-order valence-electron chi connectivity index (χ0n) is 47.2. The Kier molecular flexibility index (Phi) is 20.2. The van der Waals surface area contributed by atoms with E-state index in [0.29, 0.717) is 40.6 Å². The summed E-state index contributed by atoms with van der Waals surface area (Å²) in [7, 11) is 8.26. The van der Waals surface area contributed by atoms with Crippen molar-refractivity contribution in [1.29, 1.82) is 0 Å². The van der Waals surface area contributed by atoms with E-state index >= 15 is 0 Å². The molecule has 6 rings (SSSR count). The summed E-state index contributed by atoms with van der Waals surface area (Å²) in [5, 5.41) is 75.3. The van der Waals surface area contributed by atoms with Crippen LogP contribution >= 0.6 is 0 Å². The second kappa shape index (κ2) is 25.0. The first kappa shape index (κ1) is 61.3. The van der Waals surface area contributed by atoms with Crippen molar-refractivity contribution in [2.24, 2.45) is 29.6 Å². The molecule has 20 atom stereocenters. The molecule has 19 heteroatoms. The number of esters is 2. The minimum absolute atomic E-state index is 0.0220. The average molecular weight is 1070 g/mol. The van der Waals surface area contributed by atoms with Gasteiger partial charge in [0, 0.05) is 61.7 Å². The summed E-state index contributed by atoms with van der Waals surface area (Å²) in [5.74, 6) is -3.09. The first-order chi connectivity index (χ1) is 35.6. The van der Waals surface area contributed by atoms with Gasteiger partial charge in [0.1, 0.15) is 58.8 Å². The zero-order valence-corrected chi connectivity index (χ0v) is 47.2. The van der Waals surface area contributed by atoms with Gasteiger partial charge in [0.25, 0.3) is 0 Å². The lowest BCUT2D eigenvalue weighted by Crippen LogP contribution is -2.63. The quantitative estimate of drug-likeness (QED) is 0.0978. The summed E-state index contributed by atoms with van der Waals surface area (Å²) >= 11 is 0. The highest BCUT2D eigenvalue weighted by Gasteiger charge is 2.56. The van der Waals surface area contributed by atoms with E-state index in [9.17, 15) is 40.2 Å². The molecule has 3 saturated heterocycles. The van der Waals surface area contributed by atoms with Crippen molar-refractivity contribution in [3.8, 4) is 23.0 Å². The molecular formula is C57H88N2O17. The molecule has 2 aromatic carbocycles. The van der Waals surface area contributed by atoms with E-state index in [1.165, 1.54) is 28.3 Å². The number of likely N-dealkylation sites (N-methyl/N-ethyl adjacent to an activating group) is 1. The molecule has 0 saturated carbocycles. The molecule has 4 heterocycles. The molecule has 76 heavy (non-hydrogen) atoms. The number of aliphatic hydroxyl groups excluding tert-OH is 4. The molecule has 0 bridgehead atoms. The number of carbonyl (C=O) groups excluding carboxylic acids is 2. The van der Waals surface area contributed by atoms with E-state index in [2.05, 4.69) is 5.32 Å². The average Bonchev–Trinajstić information content (AvgIpc) is 3.36. The lowest BCUT2D eigenvalue weighted by Gasteiger charge is -2.52. The van der Waals surface area contributed by atoms with Gasteiger partial charge in [-0.25, -0.2) is 0 Å². The fourth-order valence-corrected chi connectivity index (χ4v) is 12.5. The monoisotopic (exact) mass is 1070 g/mol. The number of hydrogen-bond donors (Lipinski definition) is 7. The van der Waals surface area contributed by atoms with Gasteiger partial charge in [-0.2, -0.15) is 0 Å². The van der Waals surface area contributed by atoms with Gasteiger partial charge in [0.05, 0.1) is 73.8 Å². The van der Waals surface area contributed by atoms with Gasteiger partial charge in [-0.15, -0.1) is 0 Å². The van der Waals surface area contributed by atoms with Gasteiger partial charge in [-0.3, -0.25) is 9.59 Å². The third kappa shape index (κ3) is 13.2. The summed E-state index contributed by atoms with van der Waals surface area (Å²) in [5.41, 5.74) is -3.74. The Bertz CT molecular complexity index is 2290. The van der Waals surface area contributed by atoms with Gasteiger partial charge in [0.15, 0.2) is 6.29 Å². The Hall–Kier alpha value is -3.96. The molecule has 19 nitrogen and oxygen atoms in total. The molecule has 7 N–H and O–H groups in total. The Labute approximate surface area is 449 Å². The van der Waals surface area contributed by atoms with Gasteiger partial charge < -0.3 is 83.5 Å². The number of rotatable bonds is 14. The minimum atomic E-state index is -1.98. The van der Waals surface area contributed by atoms with E-state index in [-0.39, 0.29) is 50.1 Å². The number of methoxy groups -OCH3 is 3. The first-order valence-electron chi connectivity index (χ1n) is 26.9. The van der Waals surface area contributed by atoms with E-state index < -0.39 is 119 Å². The van der Waals surface area contributed by atoms with Crippen molar-refractivity contribution in [1.82, 2.24) is 10.2 Å². The summed E-state index contributed by atoms with van der Waals surface area (Å²) in [4.78, 5) is 30.1. The maximum absolute atomic E-state index is 14.7. The summed E-state index contributed by atoms with van der Waals surface area (Å²) < 4.78 is 54.8. The van der Waals surface area contributed by atoms with Crippen molar-refractivity contribution < 1.29 is 82.9 Å². The summed E-state index contributed by atoms with van der Waals surface area (Å²) in [6.07, 6.45) is -7.70. The number of benzene rings is 2. The van der Waals surface area contributed by atoms with E-state index in [1.54, 1.807) is 84.0 Å². The summed E-state index contributed by atoms with van der Waals surface area (Å²) in [6.45, 7) is 17.5. The molecule has 3 fully saturated rings. The van der Waals surface area contributed by atoms with Crippen molar-refractivity contribution in [3.05, 3.63) is 53.6 Å².